The van der Waals surface area contributed by atoms with Crippen LogP contribution in [0.1, 0.15) is 116 Å². The van der Waals surface area contributed by atoms with Crippen molar-refractivity contribution in [2.24, 2.45) is 11.5 Å². The van der Waals surface area contributed by atoms with Crippen LogP contribution in [0.4, 0.5) is 4.79 Å². The van der Waals surface area contributed by atoms with Gasteiger partial charge in [-0.2, -0.15) is 5.48 Å². The van der Waals surface area contributed by atoms with E-state index in [9.17, 15) is 9.59 Å². The summed E-state index contributed by atoms with van der Waals surface area (Å²) in [7, 11) is 0. The molecule has 0 saturated heterocycles. The molecule has 0 radical (unpaired) electrons. The number of nitrogens with zero attached hydrogens (tertiary/aromatic N) is 1. The molecule has 12 nitrogen and oxygen atoms in total. The second-order valence-corrected chi connectivity index (χ2v) is 14.7. The maximum Gasteiger partial charge on any atom is 0.431 e. The molecule has 0 saturated carbocycles. The largest absolute Gasteiger partial charge is 0.442 e. The maximum absolute atomic E-state index is 13.2. The average molecular weight is 651 g/mol. The number of hydroxylamine groups is 1. The number of hydrogen-bond acceptors (Lipinski definition) is 10. The molecule has 0 unspecified atom stereocenters. The third kappa shape index (κ3) is 30.9. The molecule has 12 heteroatoms. The minimum absolute atomic E-state index is 0.0641. The fraction of sp³-hybridized carbons (Fsp3) is 0.939. The minimum atomic E-state index is -0.664. The van der Waals surface area contributed by atoms with Gasteiger partial charge < -0.3 is 40.1 Å². The Morgan fingerprint density at radius 1 is 0.622 bits per heavy atom. The van der Waals surface area contributed by atoms with Crippen molar-refractivity contribution < 1.29 is 38.1 Å². The molecule has 0 spiro atoms. The van der Waals surface area contributed by atoms with E-state index < -0.39 is 22.9 Å². The summed E-state index contributed by atoms with van der Waals surface area (Å²) < 4.78 is 28.4. The number of amides is 2. The summed E-state index contributed by atoms with van der Waals surface area (Å²) in [4.78, 5) is 31.6. The monoisotopic (exact) mass is 651 g/mol. The lowest BCUT2D eigenvalue weighted by atomic mass is 10.0. The smallest absolute Gasteiger partial charge is 0.431 e. The van der Waals surface area contributed by atoms with Crippen LogP contribution in [0.3, 0.4) is 0 Å². The molecule has 0 aromatic heterocycles. The average Bonchev–Trinajstić information content (AvgIpc) is 2.85. The molecule has 2 amide bonds. The lowest BCUT2D eigenvalue weighted by molar-refractivity contribution is -0.138. The van der Waals surface area contributed by atoms with Crippen LogP contribution in [0.2, 0.25) is 0 Å². The fourth-order valence-electron chi connectivity index (χ4n) is 3.47. The van der Waals surface area contributed by atoms with Crippen LogP contribution >= 0.6 is 0 Å². The molecular weight excluding hydrogens is 580 g/mol. The molecule has 5 N–H and O–H groups in total. The second kappa shape index (κ2) is 22.1. The molecule has 0 heterocycles. The first-order chi connectivity index (χ1) is 20.5. The first-order valence-electron chi connectivity index (χ1n) is 16.4. The normalized spacial score (nSPS) is 12.8. The SMILES string of the molecule is CC.CC(C)(N)CCOC(C)(C)CCN(CCC(C)(C)OCCC(C)(C)N)C(=O)COCCOCCONC(=O)OC(C)(C)C. The van der Waals surface area contributed by atoms with E-state index in [2.05, 4.69) is 5.48 Å². The summed E-state index contributed by atoms with van der Waals surface area (Å²) in [6.07, 6.45) is 2.14. The third-order valence-electron chi connectivity index (χ3n) is 6.28. The Labute approximate surface area is 274 Å². The maximum atomic E-state index is 13.2. The molecule has 0 fully saturated rings. The van der Waals surface area contributed by atoms with Crippen molar-refractivity contribution in [2.75, 3.05) is 59.3 Å². The first kappa shape index (κ1) is 45.6. The quantitative estimate of drug-likeness (QED) is 0.102. The van der Waals surface area contributed by atoms with Gasteiger partial charge in [0.15, 0.2) is 0 Å². The number of carbonyl (C=O) groups is 2. The van der Waals surface area contributed by atoms with Crippen molar-refractivity contribution in [1.29, 1.82) is 0 Å². The molecule has 0 aliphatic carbocycles. The molecule has 45 heavy (non-hydrogen) atoms. The number of nitrogens with one attached hydrogen (secondary N) is 1. The number of hydrogen-bond donors (Lipinski definition) is 3. The van der Waals surface area contributed by atoms with Gasteiger partial charge in [-0.05, 0) is 102 Å². The van der Waals surface area contributed by atoms with Gasteiger partial charge in [0.25, 0.3) is 0 Å². The van der Waals surface area contributed by atoms with E-state index in [0.717, 1.165) is 12.8 Å². The molecule has 270 valence electrons. The number of rotatable bonds is 23. The Bertz CT molecular complexity index is 751. The van der Waals surface area contributed by atoms with Gasteiger partial charge in [-0.25, -0.2) is 4.79 Å². The first-order valence-corrected chi connectivity index (χ1v) is 16.4. The molecule has 0 rings (SSSR count). The van der Waals surface area contributed by atoms with E-state index in [1.54, 1.807) is 20.8 Å². The van der Waals surface area contributed by atoms with Crippen molar-refractivity contribution in [2.45, 2.75) is 144 Å². The Morgan fingerprint density at radius 2 is 1.04 bits per heavy atom. The molecular formula is C33H70N4O8. The standard InChI is InChI=1S/C31H64N4O8.C2H6/c1-27(2,3)43-26(37)34-42-23-22-38-20-21-39-24-25(36)35(16-12-30(8,9)40-18-14-28(4,5)32)17-13-31(10,11)41-19-15-29(6,7)33;1-2/h12-24,32-33H2,1-11H3,(H,34,37);1-2H3. The van der Waals surface area contributed by atoms with Crippen LogP contribution < -0.4 is 16.9 Å². The Kier molecular flexibility index (Phi) is 22.4. The van der Waals surface area contributed by atoms with Gasteiger partial charge in [0.05, 0.1) is 37.6 Å². The fourth-order valence-corrected chi connectivity index (χ4v) is 3.47. The Balaban J connectivity index is 0. The van der Waals surface area contributed by atoms with E-state index in [4.69, 9.17) is 40.0 Å². The van der Waals surface area contributed by atoms with Crippen molar-refractivity contribution in [3.05, 3.63) is 0 Å². The number of nitrogens with two attached hydrogens (primary N) is 2. The van der Waals surface area contributed by atoms with Gasteiger partial charge in [0.2, 0.25) is 5.91 Å². The van der Waals surface area contributed by atoms with Crippen molar-refractivity contribution in [3.8, 4) is 0 Å². The molecule has 0 aliphatic rings. The van der Waals surface area contributed by atoms with Crippen LogP contribution in [0, 0.1) is 0 Å². The van der Waals surface area contributed by atoms with Gasteiger partial charge >= 0.3 is 6.09 Å². The van der Waals surface area contributed by atoms with E-state index in [-0.39, 0.29) is 50.0 Å². The topological polar surface area (TPSA) is 157 Å². The van der Waals surface area contributed by atoms with Crippen LogP contribution in [-0.2, 0) is 33.3 Å². The Morgan fingerprint density at radius 3 is 1.47 bits per heavy atom. The lowest BCUT2D eigenvalue weighted by Crippen LogP contribution is -2.42. The highest BCUT2D eigenvalue weighted by molar-refractivity contribution is 5.77. The van der Waals surface area contributed by atoms with Crippen LogP contribution in [-0.4, -0.2) is 104 Å². The zero-order valence-electron chi connectivity index (χ0n) is 31.1. The number of ether oxygens (including phenoxy) is 5. The van der Waals surface area contributed by atoms with Crippen molar-refractivity contribution in [3.63, 3.8) is 0 Å². The van der Waals surface area contributed by atoms with E-state index in [0.29, 0.717) is 39.1 Å². The Hall–Kier alpha value is -1.54. The molecule has 0 aliphatic heterocycles. The van der Waals surface area contributed by atoms with Crippen molar-refractivity contribution >= 4 is 12.0 Å². The number of carbonyl (C=O) groups excluding carboxylic acids is 2. The van der Waals surface area contributed by atoms with Gasteiger partial charge in [0.1, 0.15) is 12.2 Å². The summed E-state index contributed by atoms with van der Waals surface area (Å²) in [6, 6.07) is 0. The summed E-state index contributed by atoms with van der Waals surface area (Å²) >= 11 is 0. The summed E-state index contributed by atoms with van der Waals surface area (Å²) in [5.74, 6) is -0.109. The van der Waals surface area contributed by atoms with Crippen LogP contribution in [0.15, 0.2) is 0 Å². The van der Waals surface area contributed by atoms with Crippen LogP contribution in [0.25, 0.3) is 0 Å². The highest BCUT2D eigenvalue weighted by atomic mass is 16.7. The van der Waals surface area contributed by atoms with E-state index in [1.807, 2.05) is 74.1 Å². The van der Waals surface area contributed by atoms with Gasteiger partial charge in [-0.1, -0.05) is 13.8 Å². The van der Waals surface area contributed by atoms with Gasteiger partial charge in [0, 0.05) is 37.4 Å². The highest BCUT2D eigenvalue weighted by Crippen LogP contribution is 2.20. The molecule has 0 bridgehead atoms. The zero-order chi connectivity index (χ0) is 35.4. The summed E-state index contributed by atoms with van der Waals surface area (Å²) in [5, 5.41) is 0. The molecule has 0 atom stereocenters. The summed E-state index contributed by atoms with van der Waals surface area (Å²) in [6.45, 7) is 28.3. The van der Waals surface area contributed by atoms with Gasteiger partial charge in [-0.15, -0.1) is 0 Å². The third-order valence-corrected chi connectivity index (χ3v) is 6.28. The lowest BCUT2D eigenvalue weighted by Gasteiger charge is -2.33. The zero-order valence-corrected chi connectivity index (χ0v) is 31.1. The van der Waals surface area contributed by atoms with Gasteiger partial charge in [-0.3, -0.25) is 9.63 Å². The second-order valence-electron chi connectivity index (χ2n) is 14.7. The minimum Gasteiger partial charge on any atom is -0.442 e. The molecule has 0 aromatic carbocycles. The van der Waals surface area contributed by atoms with E-state index in [1.165, 1.54) is 0 Å². The van der Waals surface area contributed by atoms with E-state index >= 15 is 0 Å². The predicted molar refractivity (Wildman–Crippen MR) is 180 cm³/mol. The summed E-state index contributed by atoms with van der Waals surface area (Å²) in [5.41, 5.74) is 12.3. The predicted octanol–water partition coefficient (Wildman–Crippen LogP) is 4.96. The van der Waals surface area contributed by atoms with Crippen molar-refractivity contribution in [1.82, 2.24) is 10.4 Å². The van der Waals surface area contributed by atoms with Crippen LogP contribution in [0.5, 0.6) is 0 Å². The highest BCUT2D eigenvalue weighted by Gasteiger charge is 2.26. The molecule has 0 aromatic rings.